The average Bonchev–Trinajstić information content (AvgIpc) is 2.37. The van der Waals surface area contributed by atoms with Crippen molar-refractivity contribution in [1.29, 1.82) is 0 Å². The highest BCUT2D eigenvalue weighted by Gasteiger charge is 2.31. The fourth-order valence-corrected chi connectivity index (χ4v) is 4.10. The molecule has 1 aliphatic heterocycles. The van der Waals surface area contributed by atoms with Crippen molar-refractivity contribution in [3.05, 3.63) is 28.5 Å². The minimum Gasteiger partial charge on any atom is -0.388 e. The Kier molecular flexibility index (Phi) is 4.80. The van der Waals surface area contributed by atoms with Crippen molar-refractivity contribution in [3.63, 3.8) is 0 Å². The summed E-state index contributed by atoms with van der Waals surface area (Å²) in [6, 6.07) is 3.33. The summed E-state index contributed by atoms with van der Waals surface area (Å²) in [5, 5.41) is 10.2. The van der Waals surface area contributed by atoms with Crippen molar-refractivity contribution in [2.45, 2.75) is 23.3 Å². The summed E-state index contributed by atoms with van der Waals surface area (Å²) in [6.45, 7) is 0.708. The van der Waals surface area contributed by atoms with Gasteiger partial charge >= 0.3 is 0 Å². The van der Waals surface area contributed by atoms with Crippen LogP contribution in [-0.4, -0.2) is 38.9 Å². The molecule has 1 aromatic carbocycles. The van der Waals surface area contributed by atoms with E-state index in [2.05, 4.69) is 20.7 Å². The smallest absolute Gasteiger partial charge is 0.241 e. The van der Waals surface area contributed by atoms with Crippen LogP contribution in [0.25, 0.3) is 0 Å². The molecule has 1 aromatic rings. The van der Waals surface area contributed by atoms with Crippen molar-refractivity contribution >= 4 is 26.0 Å². The zero-order valence-electron chi connectivity index (χ0n) is 10.6. The topological polar surface area (TPSA) is 75.6 Å². The average molecular weight is 368 g/mol. The third-order valence-corrected chi connectivity index (χ3v) is 5.58. The fraction of sp³-hybridized carbons (Fsp3) is 0.500. The highest BCUT2D eigenvalue weighted by atomic mass is 79.9. The Morgan fingerprint density at radius 2 is 2.05 bits per heavy atom. The van der Waals surface area contributed by atoms with E-state index in [1.165, 1.54) is 6.07 Å². The van der Waals surface area contributed by atoms with E-state index in [4.69, 9.17) is 4.74 Å². The van der Waals surface area contributed by atoms with Crippen molar-refractivity contribution in [2.24, 2.45) is 0 Å². The molecule has 0 amide bonds. The number of halogens is 2. The van der Waals surface area contributed by atoms with Gasteiger partial charge in [0.05, 0.1) is 10.5 Å². The van der Waals surface area contributed by atoms with Crippen molar-refractivity contribution in [2.75, 3.05) is 19.8 Å². The standard InChI is InChI=1S/C12H15BrFNO4S/c13-10-7-9(14)1-2-11(10)20(17,18)15-8-12(16)3-5-19-6-4-12/h1-2,7,15-16H,3-6,8H2. The van der Waals surface area contributed by atoms with Gasteiger partial charge in [-0.2, -0.15) is 0 Å². The van der Waals surface area contributed by atoms with Crippen LogP contribution in [0.5, 0.6) is 0 Å². The number of ether oxygens (including phenoxy) is 1. The Hall–Kier alpha value is -0.540. The van der Waals surface area contributed by atoms with Gasteiger partial charge in [0.1, 0.15) is 5.82 Å². The maximum atomic E-state index is 13.0. The van der Waals surface area contributed by atoms with Gasteiger partial charge in [0.15, 0.2) is 0 Å². The third kappa shape index (κ3) is 3.76. The summed E-state index contributed by atoms with van der Waals surface area (Å²) in [5.41, 5.74) is -1.10. The van der Waals surface area contributed by atoms with E-state index in [1.54, 1.807) is 0 Å². The highest BCUT2D eigenvalue weighted by Crippen LogP contribution is 2.24. The van der Waals surface area contributed by atoms with Gasteiger partial charge in [-0.05, 0) is 34.1 Å². The number of rotatable bonds is 4. The van der Waals surface area contributed by atoms with Crippen molar-refractivity contribution in [1.82, 2.24) is 4.72 Å². The van der Waals surface area contributed by atoms with Gasteiger partial charge in [-0.15, -0.1) is 0 Å². The highest BCUT2D eigenvalue weighted by molar-refractivity contribution is 9.10. The van der Waals surface area contributed by atoms with Crippen molar-refractivity contribution < 1.29 is 22.7 Å². The van der Waals surface area contributed by atoms with Crippen LogP contribution in [-0.2, 0) is 14.8 Å². The second kappa shape index (κ2) is 6.07. The number of nitrogens with one attached hydrogen (secondary N) is 1. The van der Waals surface area contributed by atoms with Crippen LogP contribution in [0.3, 0.4) is 0 Å². The second-order valence-electron chi connectivity index (χ2n) is 4.74. The predicted octanol–water partition coefficient (Wildman–Crippen LogP) is 1.41. The van der Waals surface area contributed by atoms with Crippen LogP contribution in [0.1, 0.15) is 12.8 Å². The lowest BCUT2D eigenvalue weighted by molar-refractivity contribution is -0.0588. The van der Waals surface area contributed by atoms with E-state index in [9.17, 15) is 17.9 Å². The molecule has 0 aromatic heterocycles. The molecule has 0 radical (unpaired) electrons. The fourth-order valence-electron chi connectivity index (χ4n) is 1.93. The molecule has 0 aliphatic carbocycles. The molecule has 1 heterocycles. The van der Waals surface area contributed by atoms with Gasteiger partial charge < -0.3 is 9.84 Å². The zero-order chi connectivity index (χ0) is 14.8. The SMILES string of the molecule is O=S(=O)(NCC1(O)CCOCC1)c1ccc(F)cc1Br. The minimum atomic E-state index is -3.81. The van der Waals surface area contributed by atoms with Crippen LogP contribution in [0.2, 0.25) is 0 Å². The lowest BCUT2D eigenvalue weighted by Gasteiger charge is -2.32. The predicted molar refractivity (Wildman–Crippen MR) is 74.3 cm³/mol. The molecule has 112 valence electrons. The summed E-state index contributed by atoms with van der Waals surface area (Å²) in [7, 11) is -3.81. The molecular weight excluding hydrogens is 353 g/mol. The molecule has 20 heavy (non-hydrogen) atoms. The van der Waals surface area contributed by atoms with Gasteiger partial charge in [0, 0.05) is 37.1 Å². The number of hydrogen-bond donors (Lipinski definition) is 2. The van der Waals surface area contributed by atoms with Gasteiger partial charge in [0.2, 0.25) is 10.0 Å². The first-order chi connectivity index (χ1) is 9.32. The normalized spacial score (nSPS) is 18.9. The quantitative estimate of drug-likeness (QED) is 0.843. The molecule has 5 nitrogen and oxygen atoms in total. The monoisotopic (exact) mass is 367 g/mol. The van der Waals surface area contributed by atoms with Gasteiger partial charge in [-0.3, -0.25) is 0 Å². The lowest BCUT2D eigenvalue weighted by Crippen LogP contribution is -2.46. The zero-order valence-corrected chi connectivity index (χ0v) is 13.0. The molecular formula is C12H15BrFNO4S. The molecule has 0 atom stereocenters. The Bertz CT molecular complexity index is 587. The Labute approximate surface area is 125 Å². The number of hydrogen-bond acceptors (Lipinski definition) is 4. The van der Waals surface area contributed by atoms with E-state index < -0.39 is 21.4 Å². The van der Waals surface area contributed by atoms with E-state index in [-0.39, 0.29) is 15.9 Å². The van der Waals surface area contributed by atoms with Crippen LogP contribution in [0.15, 0.2) is 27.6 Å². The Morgan fingerprint density at radius 3 is 2.65 bits per heavy atom. The number of sulfonamides is 1. The van der Waals surface area contributed by atoms with E-state index in [1.807, 2.05) is 0 Å². The van der Waals surface area contributed by atoms with Crippen molar-refractivity contribution in [3.8, 4) is 0 Å². The summed E-state index contributed by atoms with van der Waals surface area (Å²) >= 11 is 3.02. The molecule has 1 saturated heterocycles. The van der Waals surface area contributed by atoms with E-state index in [0.717, 1.165) is 12.1 Å². The largest absolute Gasteiger partial charge is 0.388 e. The van der Waals surface area contributed by atoms with Crippen LogP contribution in [0.4, 0.5) is 4.39 Å². The Balaban J connectivity index is 2.11. The van der Waals surface area contributed by atoms with Gasteiger partial charge in [-0.25, -0.2) is 17.5 Å². The number of benzene rings is 1. The maximum Gasteiger partial charge on any atom is 0.241 e. The molecule has 0 spiro atoms. The van der Waals surface area contributed by atoms with Crippen LogP contribution < -0.4 is 4.72 Å². The van der Waals surface area contributed by atoms with Gasteiger partial charge in [0.25, 0.3) is 0 Å². The molecule has 8 heteroatoms. The molecule has 0 bridgehead atoms. The first-order valence-corrected chi connectivity index (χ1v) is 8.35. The molecule has 2 N–H and O–H groups in total. The first kappa shape index (κ1) is 15.8. The van der Waals surface area contributed by atoms with Crippen LogP contribution >= 0.6 is 15.9 Å². The molecule has 1 aliphatic rings. The summed E-state index contributed by atoms with van der Waals surface area (Å²) in [5.74, 6) is -0.529. The summed E-state index contributed by atoms with van der Waals surface area (Å²) in [6.07, 6.45) is 0.750. The van der Waals surface area contributed by atoms with E-state index in [0.29, 0.717) is 26.1 Å². The van der Waals surface area contributed by atoms with E-state index >= 15 is 0 Å². The van der Waals surface area contributed by atoms with Crippen LogP contribution in [0, 0.1) is 5.82 Å². The number of aliphatic hydroxyl groups is 1. The summed E-state index contributed by atoms with van der Waals surface area (Å²) in [4.78, 5) is -0.0606. The maximum absolute atomic E-state index is 13.0. The second-order valence-corrected chi connectivity index (χ2v) is 7.33. The van der Waals surface area contributed by atoms with Gasteiger partial charge in [-0.1, -0.05) is 0 Å². The third-order valence-electron chi connectivity index (χ3n) is 3.20. The molecule has 2 rings (SSSR count). The minimum absolute atomic E-state index is 0.0606. The molecule has 1 fully saturated rings. The summed E-state index contributed by atoms with van der Waals surface area (Å²) < 4.78 is 44.9. The molecule has 0 saturated carbocycles. The first-order valence-electron chi connectivity index (χ1n) is 6.07. The molecule has 0 unspecified atom stereocenters. The Morgan fingerprint density at radius 1 is 1.40 bits per heavy atom. The lowest BCUT2D eigenvalue weighted by atomic mass is 9.95.